The maximum absolute atomic E-state index is 5.50. The van der Waals surface area contributed by atoms with Crippen LogP contribution in [0.25, 0.3) is 10.2 Å². The number of thiazole rings is 1. The maximum Gasteiger partial charge on any atom is 0.146 e. The predicted octanol–water partition coefficient (Wildman–Crippen LogP) is 3.54. The third-order valence-corrected chi connectivity index (χ3v) is 7.84. The first-order valence-corrected chi connectivity index (χ1v) is 12.2. The van der Waals surface area contributed by atoms with Gasteiger partial charge in [0.25, 0.3) is 0 Å². The van der Waals surface area contributed by atoms with E-state index in [1.54, 1.807) is 11.3 Å². The SMILES string of the molecule is CN(CCc1nccs1)c1nc(CN2CCOCC2)nc2sc3c(c12)CCCC3. The van der Waals surface area contributed by atoms with Gasteiger partial charge in [0.2, 0.25) is 0 Å². The van der Waals surface area contributed by atoms with Gasteiger partial charge in [0.05, 0.1) is 30.2 Å². The highest BCUT2D eigenvalue weighted by molar-refractivity contribution is 7.19. The van der Waals surface area contributed by atoms with E-state index >= 15 is 0 Å². The molecular weight excluding hydrogens is 402 g/mol. The number of thiophene rings is 1. The van der Waals surface area contributed by atoms with Crippen molar-refractivity contribution < 1.29 is 4.74 Å². The van der Waals surface area contributed by atoms with Gasteiger partial charge in [-0.05, 0) is 31.2 Å². The highest BCUT2D eigenvalue weighted by Gasteiger charge is 2.23. The number of nitrogens with zero attached hydrogens (tertiary/aromatic N) is 5. The molecule has 0 bridgehead atoms. The molecular formula is C21H27N5OS2. The minimum atomic E-state index is 0.801. The number of fused-ring (bicyclic) bond motifs is 3. The molecule has 29 heavy (non-hydrogen) atoms. The van der Waals surface area contributed by atoms with Crippen molar-refractivity contribution in [2.24, 2.45) is 0 Å². The maximum atomic E-state index is 5.50. The van der Waals surface area contributed by atoms with Gasteiger partial charge in [0, 0.05) is 49.6 Å². The molecule has 5 rings (SSSR count). The van der Waals surface area contributed by atoms with Crippen LogP contribution in [0.4, 0.5) is 5.82 Å². The van der Waals surface area contributed by atoms with Gasteiger partial charge in [0.15, 0.2) is 0 Å². The van der Waals surface area contributed by atoms with Crippen LogP contribution in [0.15, 0.2) is 11.6 Å². The minimum Gasteiger partial charge on any atom is -0.379 e. The largest absolute Gasteiger partial charge is 0.379 e. The van der Waals surface area contributed by atoms with E-state index in [4.69, 9.17) is 14.7 Å². The Bertz CT molecular complexity index is 965. The summed E-state index contributed by atoms with van der Waals surface area (Å²) in [5.74, 6) is 2.04. The molecule has 2 aliphatic rings. The van der Waals surface area contributed by atoms with Gasteiger partial charge < -0.3 is 9.64 Å². The lowest BCUT2D eigenvalue weighted by Gasteiger charge is -2.26. The molecule has 0 amide bonds. The second-order valence-corrected chi connectivity index (χ2v) is 9.90. The Hall–Kier alpha value is -1.61. The van der Waals surface area contributed by atoms with Crippen LogP contribution >= 0.6 is 22.7 Å². The zero-order valence-electron chi connectivity index (χ0n) is 16.9. The molecule has 1 aliphatic heterocycles. The Morgan fingerprint density at radius 2 is 2.03 bits per heavy atom. The summed E-state index contributed by atoms with van der Waals surface area (Å²) in [6.45, 7) is 5.23. The Morgan fingerprint density at radius 3 is 2.86 bits per heavy atom. The van der Waals surface area contributed by atoms with Crippen LogP contribution in [0.3, 0.4) is 0 Å². The van der Waals surface area contributed by atoms with Crippen LogP contribution < -0.4 is 4.90 Å². The lowest BCUT2D eigenvalue weighted by Crippen LogP contribution is -2.36. The Balaban J connectivity index is 1.48. The standard InChI is InChI=1S/C21H27N5OS2/c1-25(8-6-18-22-7-13-28-18)20-19-15-4-2-3-5-16(15)29-21(19)24-17(23-20)14-26-9-11-27-12-10-26/h7,13H,2-6,8-12,14H2,1H3. The van der Waals surface area contributed by atoms with Crippen LogP contribution in [0.2, 0.25) is 0 Å². The average Bonchev–Trinajstić information content (AvgIpc) is 3.39. The van der Waals surface area contributed by atoms with Gasteiger partial charge in [-0.25, -0.2) is 15.0 Å². The second-order valence-electron chi connectivity index (χ2n) is 7.84. The summed E-state index contributed by atoms with van der Waals surface area (Å²) >= 11 is 3.62. The first kappa shape index (κ1) is 19.4. The Kier molecular flexibility index (Phi) is 5.76. The van der Waals surface area contributed by atoms with Gasteiger partial charge in [-0.3, -0.25) is 4.90 Å². The number of ether oxygens (including phenoxy) is 1. The van der Waals surface area contributed by atoms with Crippen molar-refractivity contribution >= 4 is 38.7 Å². The quantitative estimate of drug-likeness (QED) is 0.597. The molecule has 6 nitrogen and oxygen atoms in total. The zero-order valence-corrected chi connectivity index (χ0v) is 18.5. The third kappa shape index (κ3) is 4.17. The average molecular weight is 430 g/mol. The molecule has 8 heteroatoms. The van der Waals surface area contributed by atoms with E-state index in [9.17, 15) is 0 Å². The van der Waals surface area contributed by atoms with E-state index in [1.807, 2.05) is 22.9 Å². The van der Waals surface area contributed by atoms with Crippen LogP contribution in [-0.2, 0) is 30.5 Å². The third-order valence-electron chi connectivity index (χ3n) is 5.82. The fraction of sp³-hybridized carbons (Fsp3) is 0.571. The first-order chi connectivity index (χ1) is 14.3. The van der Waals surface area contributed by atoms with Gasteiger partial charge >= 0.3 is 0 Å². The van der Waals surface area contributed by atoms with Gasteiger partial charge in [-0.1, -0.05) is 0 Å². The van der Waals surface area contributed by atoms with Gasteiger partial charge in [-0.15, -0.1) is 22.7 Å². The van der Waals surface area contributed by atoms with E-state index in [0.29, 0.717) is 0 Å². The van der Waals surface area contributed by atoms with Crippen molar-refractivity contribution in [3.8, 4) is 0 Å². The number of anilines is 1. The first-order valence-electron chi connectivity index (χ1n) is 10.5. The molecule has 0 unspecified atom stereocenters. The summed E-state index contributed by atoms with van der Waals surface area (Å²) in [6, 6.07) is 0. The van der Waals surface area contributed by atoms with Crippen molar-refractivity contribution in [1.29, 1.82) is 0 Å². The Morgan fingerprint density at radius 1 is 1.17 bits per heavy atom. The summed E-state index contributed by atoms with van der Waals surface area (Å²) in [4.78, 5) is 22.0. The van der Waals surface area contributed by atoms with E-state index in [1.165, 1.54) is 44.9 Å². The van der Waals surface area contributed by atoms with Crippen molar-refractivity contribution in [3.63, 3.8) is 0 Å². The second kappa shape index (κ2) is 8.63. The number of aromatic nitrogens is 3. The molecule has 1 aliphatic carbocycles. The Labute approximate surface area is 179 Å². The highest BCUT2D eigenvalue weighted by Crippen LogP contribution is 2.39. The van der Waals surface area contributed by atoms with Crippen LogP contribution in [-0.4, -0.2) is 59.7 Å². The number of morpholine rings is 1. The number of hydrogen-bond donors (Lipinski definition) is 0. The molecule has 0 spiro atoms. The lowest BCUT2D eigenvalue weighted by atomic mass is 9.97. The fourth-order valence-corrected chi connectivity index (χ4v) is 6.12. The summed E-state index contributed by atoms with van der Waals surface area (Å²) in [5, 5.41) is 4.54. The smallest absolute Gasteiger partial charge is 0.146 e. The monoisotopic (exact) mass is 429 g/mol. The van der Waals surface area contributed by atoms with Crippen molar-refractivity contribution in [2.45, 2.75) is 38.6 Å². The fourth-order valence-electron chi connectivity index (χ4n) is 4.23. The minimum absolute atomic E-state index is 0.801. The van der Waals surface area contributed by atoms with Crippen LogP contribution in [0.1, 0.15) is 34.1 Å². The number of rotatable bonds is 6. The number of hydrogen-bond acceptors (Lipinski definition) is 8. The highest BCUT2D eigenvalue weighted by atomic mass is 32.1. The van der Waals surface area contributed by atoms with Crippen molar-refractivity contribution in [2.75, 3.05) is 44.8 Å². The lowest BCUT2D eigenvalue weighted by molar-refractivity contribution is 0.0331. The summed E-state index contributed by atoms with van der Waals surface area (Å²) < 4.78 is 5.50. The summed E-state index contributed by atoms with van der Waals surface area (Å²) in [7, 11) is 2.17. The van der Waals surface area contributed by atoms with E-state index in [-0.39, 0.29) is 0 Å². The molecule has 1 saturated heterocycles. The molecule has 0 radical (unpaired) electrons. The molecule has 0 aromatic carbocycles. The molecule has 154 valence electrons. The molecule has 3 aromatic heterocycles. The molecule has 0 N–H and O–H groups in total. The molecule has 1 fully saturated rings. The molecule has 0 atom stereocenters. The topological polar surface area (TPSA) is 54.4 Å². The van der Waals surface area contributed by atoms with Crippen LogP contribution in [0.5, 0.6) is 0 Å². The molecule has 3 aromatic rings. The van der Waals surface area contributed by atoms with Crippen molar-refractivity contribution in [3.05, 3.63) is 32.8 Å². The molecule has 0 saturated carbocycles. The summed E-state index contributed by atoms with van der Waals surface area (Å²) in [5.41, 5.74) is 1.50. The van der Waals surface area contributed by atoms with E-state index < -0.39 is 0 Å². The van der Waals surface area contributed by atoms with Crippen molar-refractivity contribution in [1.82, 2.24) is 19.9 Å². The predicted molar refractivity (Wildman–Crippen MR) is 119 cm³/mol. The summed E-state index contributed by atoms with van der Waals surface area (Å²) in [6.07, 6.45) is 7.76. The normalized spacial score (nSPS) is 17.6. The van der Waals surface area contributed by atoms with E-state index in [2.05, 4.69) is 21.8 Å². The zero-order chi connectivity index (χ0) is 19.6. The molecule has 4 heterocycles. The van der Waals surface area contributed by atoms with Crippen LogP contribution in [0, 0.1) is 0 Å². The number of likely N-dealkylation sites (N-methyl/N-ethyl adjacent to an activating group) is 1. The van der Waals surface area contributed by atoms with Gasteiger partial charge in [0.1, 0.15) is 16.5 Å². The number of aryl methyl sites for hydroxylation is 2. The van der Waals surface area contributed by atoms with Gasteiger partial charge in [-0.2, -0.15) is 0 Å². The van der Waals surface area contributed by atoms with E-state index in [0.717, 1.165) is 63.9 Å².